The van der Waals surface area contributed by atoms with Crippen LogP contribution < -0.4 is 11.5 Å². The SMILES string of the molecule is CCC(C)CSc1ccc(N)cc1C(N)=O. The van der Waals surface area contributed by atoms with Crippen LogP contribution in [0.25, 0.3) is 0 Å². The number of primary amides is 1. The molecular formula is C12H18N2OS. The van der Waals surface area contributed by atoms with Gasteiger partial charge >= 0.3 is 0 Å². The standard InChI is InChI=1S/C12H18N2OS/c1-3-8(2)7-16-11-5-4-9(13)6-10(11)12(14)15/h4-6,8H,3,7,13H2,1-2H3,(H2,14,15). The van der Waals surface area contributed by atoms with Gasteiger partial charge in [0.2, 0.25) is 5.91 Å². The van der Waals surface area contributed by atoms with E-state index in [-0.39, 0.29) is 0 Å². The van der Waals surface area contributed by atoms with Crippen LogP contribution in [0.2, 0.25) is 0 Å². The number of anilines is 1. The third-order valence-corrected chi connectivity index (χ3v) is 3.89. The summed E-state index contributed by atoms with van der Waals surface area (Å²) >= 11 is 1.66. The number of benzene rings is 1. The van der Waals surface area contributed by atoms with Gasteiger partial charge < -0.3 is 11.5 Å². The Bertz CT molecular complexity index is 379. The van der Waals surface area contributed by atoms with E-state index in [1.54, 1.807) is 23.9 Å². The van der Waals surface area contributed by atoms with E-state index in [0.717, 1.165) is 17.1 Å². The smallest absolute Gasteiger partial charge is 0.249 e. The molecule has 0 saturated heterocycles. The molecule has 0 radical (unpaired) electrons. The zero-order valence-corrected chi connectivity index (χ0v) is 10.5. The van der Waals surface area contributed by atoms with E-state index in [1.165, 1.54) is 0 Å². The molecule has 1 aromatic rings. The quantitative estimate of drug-likeness (QED) is 0.611. The van der Waals surface area contributed by atoms with Crippen LogP contribution in [0.1, 0.15) is 30.6 Å². The molecule has 1 rings (SSSR count). The maximum Gasteiger partial charge on any atom is 0.249 e. The first-order chi connectivity index (χ1) is 7.54. The molecule has 0 saturated carbocycles. The summed E-state index contributed by atoms with van der Waals surface area (Å²) in [5.41, 5.74) is 12.0. The molecule has 3 nitrogen and oxygen atoms in total. The van der Waals surface area contributed by atoms with Gasteiger partial charge in [-0.05, 0) is 24.1 Å². The molecule has 4 heteroatoms. The van der Waals surface area contributed by atoms with Gasteiger partial charge in [0.05, 0.1) is 5.56 Å². The minimum atomic E-state index is -0.418. The zero-order chi connectivity index (χ0) is 12.1. The van der Waals surface area contributed by atoms with Crippen molar-refractivity contribution in [1.82, 2.24) is 0 Å². The monoisotopic (exact) mass is 238 g/mol. The lowest BCUT2D eigenvalue weighted by Gasteiger charge is -2.10. The molecular weight excluding hydrogens is 220 g/mol. The van der Waals surface area contributed by atoms with Crippen LogP contribution in [0, 0.1) is 5.92 Å². The van der Waals surface area contributed by atoms with E-state index in [9.17, 15) is 4.79 Å². The fraction of sp³-hybridized carbons (Fsp3) is 0.417. The van der Waals surface area contributed by atoms with Gasteiger partial charge in [0.25, 0.3) is 0 Å². The van der Waals surface area contributed by atoms with E-state index < -0.39 is 5.91 Å². The maximum atomic E-state index is 11.2. The Morgan fingerprint density at radius 1 is 1.50 bits per heavy atom. The van der Waals surface area contributed by atoms with Crippen molar-refractivity contribution in [3.8, 4) is 0 Å². The molecule has 0 aliphatic heterocycles. The van der Waals surface area contributed by atoms with Crippen molar-refractivity contribution in [2.24, 2.45) is 11.7 Å². The van der Waals surface area contributed by atoms with Crippen LogP contribution in [-0.2, 0) is 0 Å². The second-order valence-electron chi connectivity index (χ2n) is 3.94. The van der Waals surface area contributed by atoms with Gasteiger partial charge in [0.1, 0.15) is 0 Å². The number of carbonyl (C=O) groups is 1. The Morgan fingerprint density at radius 2 is 2.19 bits per heavy atom. The number of nitrogen functional groups attached to an aromatic ring is 1. The molecule has 0 aliphatic rings. The summed E-state index contributed by atoms with van der Waals surface area (Å²) < 4.78 is 0. The number of amides is 1. The molecule has 0 aliphatic carbocycles. The first-order valence-corrected chi connectivity index (χ1v) is 6.35. The maximum absolute atomic E-state index is 11.2. The molecule has 88 valence electrons. The third-order valence-electron chi connectivity index (χ3n) is 2.49. The van der Waals surface area contributed by atoms with Gasteiger partial charge in [-0.15, -0.1) is 11.8 Å². The van der Waals surface area contributed by atoms with Crippen LogP contribution in [0.15, 0.2) is 23.1 Å². The van der Waals surface area contributed by atoms with Crippen molar-refractivity contribution < 1.29 is 4.79 Å². The lowest BCUT2D eigenvalue weighted by atomic mass is 10.2. The van der Waals surface area contributed by atoms with Gasteiger partial charge in [-0.25, -0.2) is 0 Å². The lowest BCUT2D eigenvalue weighted by Crippen LogP contribution is -2.13. The first-order valence-electron chi connectivity index (χ1n) is 5.36. The third kappa shape index (κ3) is 3.45. The van der Waals surface area contributed by atoms with Gasteiger partial charge in [-0.3, -0.25) is 4.79 Å². The molecule has 1 unspecified atom stereocenters. The first kappa shape index (κ1) is 12.9. The summed E-state index contributed by atoms with van der Waals surface area (Å²) in [6.45, 7) is 4.34. The van der Waals surface area contributed by atoms with Crippen LogP contribution in [0.5, 0.6) is 0 Å². The molecule has 0 fully saturated rings. The Morgan fingerprint density at radius 3 is 2.75 bits per heavy atom. The highest BCUT2D eigenvalue weighted by atomic mass is 32.2. The summed E-state index contributed by atoms with van der Waals surface area (Å²) in [5, 5.41) is 0. The molecule has 1 aromatic carbocycles. The van der Waals surface area contributed by atoms with Gasteiger partial charge in [0.15, 0.2) is 0 Å². The number of hydrogen-bond donors (Lipinski definition) is 2. The van der Waals surface area contributed by atoms with Gasteiger partial charge in [-0.1, -0.05) is 20.3 Å². The fourth-order valence-corrected chi connectivity index (χ4v) is 2.39. The Balaban J connectivity index is 2.82. The molecule has 0 spiro atoms. The van der Waals surface area contributed by atoms with E-state index in [1.807, 2.05) is 6.07 Å². The number of carbonyl (C=O) groups excluding carboxylic acids is 1. The van der Waals surface area contributed by atoms with E-state index in [0.29, 0.717) is 17.2 Å². The summed E-state index contributed by atoms with van der Waals surface area (Å²) in [6.07, 6.45) is 1.13. The second kappa shape index (κ2) is 5.80. The fourth-order valence-electron chi connectivity index (χ4n) is 1.22. The predicted molar refractivity (Wildman–Crippen MR) is 69.6 cm³/mol. The molecule has 0 bridgehead atoms. The lowest BCUT2D eigenvalue weighted by molar-refractivity contribution is 0.0997. The van der Waals surface area contributed by atoms with E-state index in [2.05, 4.69) is 13.8 Å². The van der Waals surface area contributed by atoms with Gasteiger partial charge in [0, 0.05) is 16.3 Å². The van der Waals surface area contributed by atoms with Crippen molar-refractivity contribution in [2.45, 2.75) is 25.2 Å². The molecule has 1 amide bonds. The van der Waals surface area contributed by atoms with Crippen LogP contribution in [0.4, 0.5) is 5.69 Å². The second-order valence-corrected chi connectivity index (χ2v) is 5.01. The van der Waals surface area contributed by atoms with E-state index >= 15 is 0 Å². The highest BCUT2D eigenvalue weighted by Gasteiger charge is 2.10. The van der Waals surface area contributed by atoms with Crippen molar-refractivity contribution in [2.75, 3.05) is 11.5 Å². The normalized spacial score (nSPS) is 12.4. The molecule has 16 heavy (non-hydrogen) atoms. The average Bonchev–Trinajstić information content (AvgIpc) is 2.26. The molecule has 0 heterocycles. The van der Waals surface area contributed by atoms with Crippen molar-refractivity contribution in [3.05, 3.63) is 23.8 Å². The highest BCUT2D eigenvalue weighted by molar-refractivity contribution is 7.99. The number of rotatable bonds is 5. The minimum Gasteiger partial charge on any atom is -0.399 e. The van der Waals surface area contributed by atoms with E-state index in [4.69, 9.17) is 11.5 Å². The highest BCUT2D eigenvalue weighted by Crippen LogP contribution is 2.26. The number of thioether (sulfide) groups is 1. The molecule has 0 aromatic heterocycles. The van der Waals surface area contributed by atoms with Crippen molar-refractivity contribution in [1.29, 1.82) is 0 Å². The Kier molecular flexibility index (Phi) is 4.68. The van der Waals surface area contributed by atoms with Gasteiger partial charge in [-0.2, -0.15) is 0 Å². The topological polar surface area (TPSA) is 69.1 Å². The van der Waals surface area contributed by atoms with Crippen LogP contribution >= 0.6 is 11.8 Å². The molecule has 4 N–H and O–H groups in total. The minimum absolute atomic E-state index is 0.418. The summed E-state index contributed by atoms with van der Waals surface area (Å²) in [5.74, 6) is 1.20. The van der Waals surface area contributed by atoms with Crippen molar-refractivity contribution >= 4 is 23.4 Å². The average molecular weight is 238 g/mol. The van der Waals surface area contributed by atoms with Crippen LogP contribution in [-0.4, -0.2) is 11.7 Å². The predicted octanol–water partition coefficient (Wildman–Crippen LogP) is 2.51. The summed E-state index contributed by atoms with van der Waals surface area (Å²) in [6, 6.07) is 5.30. The Hall–Kier alpha value is -1.16. The number of nitrogens with two attached hydrogens (primary N) is 2. The molecule has 1 atom stereocenters. The zero-order valence-electron chi connectivity index (χ0n) is 9.69. The number of hydrogen-bond acceptors (Lipinski definition) is 3. The Labute approximate surface area is 101 Å². The summed E-state index contributed by atoms with van der Waals surface area (Å²) in [4.78, 5) is 12.2. The summed E-state index contributed by atoms with van der Waals surface area (Å²) in [7, 11) is 0. The van der Waals surface area contributed by atoms with Crippen LogP contribution in [0.3, 0.4) is 0 Å². The van der Waals surface area contributed by atoms with Crippen molar-refractivity contribution in [3.63, 3.8) is 0 Å². The largest absolute Gasteiger partial charge is 0.399 e.